The molecule has 0 heterocycles. The Balaban J connectivity index is 2.14. The third-order valence-electron chi connectivity index (χ3n) is 2.51. The number of hydrogen-bond acceptors (Lipinski definition) is 2. The summed E-state index contributed by atoms with van der Waals surface area (Å²) in [5, 5.41) is 2.90. The van der Waals surface area contributed by atoms with Crippen molar-refractivity contribution >= 4 is 23.5 Å². The molecule has 0 radical (unpaired) electrons. The summed E-state index contributed by atoms with van der Waals surface area (Å²) in [5.74, 6) is -0.330. The summed E-state index contributed by atoms with van der Waals surface area (Å²) in [7, 11) is 0. The molecular weight excluding hydrogens is 244 g/mol. The summed E-state index contributed by atoms with van der Waals surface area (Å²) >= 11 is 0. The highest BCUT2D eigenvalue weighted by atomic mass is 16.1. The quantitative estimate of drug-likeness (QED) is 0.442. The van der Waals surface area contributed by atoms with Crippen LogP contribution in [0, 0.1) is 0 Å². The summed E-state index contributed by atoms with van der Waals surface area (Å²) in [5.41, 5.74) is 17.0. The van der Waals surface area contributed by atoms with Crippen LogP contribution in [0.2, 0.25) is 0 Å². The van der Waals surface area contributed by atoms with Crippen LogP contribution < -0.4 is 22.5 Å². The summed E-state index contributed by atoms with van der Waals surface area (Å²) in [6, 6.07) is 7.10. The molecule has 0 aromatic heterocycles. The van der Waals surface area contributed by atoms with Gasteiger partial charge in [-0.05, 0) is 31.0 Å². The predicted molar refractivity (Wildman–Crippen MR) is 74.0 cm³/mol. The Morgan fingerprint density at radius 2 is 2.00 bits per heavy atom. The van der Waals surface area contributed by atoms with Crippen molar-refractivity contribution < 1.29 is 4.79 Å². The summed E-state index contributed by atoms with van der Waals surface area (Å²) < 4.78 is 0. The highest BCUT2D eigenvalue weighted by Gasteiger charge is 2.23. The van der Waals surface area contributed by atoms with Crippen molar-refractivity contribution in [3.05, 3.63) is 29.8 Å². The van der Waals surface area contributed by atoms with Gasteiger partial charge in [0.05, 0.1) is 5.69 Å². The summed E-state index contributed by atoms with van der Waals surface area (Å²) in [4.78, 5) is 19.5. The van der Waals surface area contributed by atoms with Crippen LogP contribution in [0.5, 0.6) is 0 Å². The molecule has 1 aliphatic carbocycles. The number of rotatable bonds is 3. The lowest BCUT2D eigenvalue weighted by Crippen LogP contribution is -2.26. The van der Waals surface area contributed by atoms with Gasteiger partial charge in [0, 0.05) is 11.6 Å². The maximum atomic E-state index is 11.9. The minimum atomic E-state index is -0.163. The highest BCUT2D eigenvalue weighted by molar-refractivity contribution is 5.96. The van der Waals surface area contributed by atoms with E-state index >= 15 is 0 Å². The molecule has 1 aromatic rings. The third kappa shape index (κ3) is 3.98. The van der Waals surface area contributed by atoms with Crippen molar-refractivity contribution in [3.63, 3.8) is 0 Å². The van der Waals surface area contributed by atoms with E-state index < -0.39 is 0 Å². The first-order valence-electron chi connectivity index (χ1n) is 5.89. The van der Waals surface area contributed by atoms with Crippen molar-refractivity contribution in [2.24, 2.45) is 27.2 Å². The lowest BCUT2D eigenvalue weighted by molar-refractivity contribution is 0.0951. The van der Waals surface area contributed by atoms with Crippen molar-refractivity contribution in [3.8, 4) is 0 Å². The average molecular weight is 260 g/mol. The predicted octanol–water partition coefficient (Wildman–Crippen LogP) is -0.202. The SMILES string of the molecule is NC(N)=NC(N)=Nc1cccc(C(=O)NC2CC2)c1. The number of amides is 1. The van der Waals surface area contributed by atoms with Crippen LogP contribution in [-0.4, -0.2) is 23.9 Å². The van der Waals surface area contributed by atoms with Gasteiger partial charge in [0.25, 0.3) is 5.91 Å². The molecular formula is C12H16N6O. The van der Waals surface area contributed by atoms with Gasteiger partial charge in [0.15, 0.2) is 5.96 Å². The van der Waals surface area contributed by atoms with Crippen molar-refractivity contribution in [1.29, 1.82) is 0 Å². The minimum absolute atomic E-state index is 0.0558. The fraction of sp³-hybridized carbons (Fsp3) is 0.250. The number of guanidine groups is 2. The number of nitrogens with one attached hydrogen (secondary N) is 1. The number of carbonyl (C=O) groups excluding carboxylic acids is 1. The Hall–Kier alpha value is -2.57. The van der Waals surface area contributed by atoms with Crippen LogP contribution in [0.1, 0.15) is 23.2 Å². The maximum Gasteiger partial charge on any atom is 0.251 e. The van der Waals surface area contributed by atoms with Crippen molar-refractivity contribution in [2.75, 3.05) is 0 Å². The van der Waals surface area contributed by atoms with Crippen LogP contribution in [-0.2, 0) is 0 Å². The van der Waals surface area contributed by atoms with Gasteiger partial charge in [-0.15, -0.1) is 0 Å². The van der Waals surface area contributed by atoms with Gasteiger partial charge in [-0.25, -0.2) is 4.99 Å². The standard InChI is InChI=1S/C12H16N6O/c13-11(14)18-12(15)17-9-3-1-2-7(6-9)10(19)16-8-4-5-8/h1-3,6,8H,4-5H2,(H,16,19)(H6,13,14,15,17,18). The molecule has 0 spiro atoms. The second-order valence-electron chi connectivity index (χ2n) is 4.30. The van der Waals surface area contributed by atoms with Gasteiger partial charge in [-0.1, -0.05) is 6.07 Å². The second kappa shape index (κ2) is 5.38. The first kappa shape index (κ1) is 12.9. The molecule has 0 bridgehead atoms. The second-order valence-corrected chi connectivity index (χ2v) is 4.30. The fourth-order valence-corrected chi connectivity index (χ4v) is 1.50. The van der Waals surface area contributed by atoms with E-state index in [1.165, 1.54) is 0 Å². The first-order chi connectivity index (χ1) is 9.04. The Morgan fingerprint density at radius 1 is 1.26 bits per heavy atom. The van der Waals surface area contributed by atoms with Gasteiger partial charge in [0.2, 0.25) is 5.96 Å². The van der Waals surface area contributed by atoms with Crippen molar-refractivity contribution in [2.45, 2.75) is 18.9 Å². The Morgan fingerprint density at radius 3 is 2.63 bits per heavy atom. The van der Waals surface area contributed by atoms with E-state index in [0.29, 0.717) is 17.3 Å². The van der Waals surface area contributed by atoms with E-state index in [1.54, 1.807) is 24.3 Å². The van der Waals surface area contributed by atoms with E-state index in [-0.39, 0.29) is 17.8 Å². The molecule has 1 aromatic carbocycles. The molecule has 2 rings (SSSR count). The Labute approximate surface area is 110 Å². The van der Waals surface area contributed by atoms with E-state index in [4.69, 9.17) is 17.2 Å². The molecule has 0 saturated heterocycles. The van der Waals surface area contributed by atoms with Crippen LogP contribution >= 0.6 is 0 Å². The minimum Gasteiger partial charge on any atom is -0.370 e. The highest BCUT2D eigenvalue weighted by Crippen LogP contribution is 2.20. The number of carbonyl (C=O) groups is 1. The number of nitrogens with zero attached hydrogens (tertiary/aromatic N) is 2. The van der Waals surface area contributed by atoms with Gasteiger partial charge in [0.1, 0.15) is 0 Å². The van der Waals surface area contributed by atoms with E-state index in [9.17, 15) is 4.79 Å². The Kier molecular flexibility index (Phi) is 3.65. The van der Waals surface area contributed by atoms with E-state index in [2.05, 4.69) is 15.3 Å². The van der Waals surface area contributed by atoms with Crippen LogP contribution in [0.25, 0.3) is 0 Å². The zero-order valence-corrected chi connectivity index (χ0v) is 10.3. The number of nitrogens with two attached hydrogens (primary N) is 3. The van der Waals surface area contributed by atoms with E-state index in [1.807, 2.05) is 0 Å². The molecule has 7 nitrogen and oxygen atoms in total. The molecule has 1 fully saturated rings. The zero-order valence-electron chi connectivity index (χ0n) is 10.3. The van der Waals surface area contributed by atoms with Gasteiger partial charge in [-0.2, -0.15) is 4.99 Å². The molecule has 0 aliphatic heterocycles. The fourth-order valence-electron chi connectivity index (χ4n) is 1.50. The Bertz CT molecular complexity index is 543. The largest absolute Gasteiger partial charge is 0.370 e. The lowest BCUT2D eigenvalue weighted by Gasteiger charge is -2.04. The number of aliphatic imine (C=N–C) groups is 2. The van der Waals surface area contributed by atoms with Gasteiger partial charge >= 0.3 is 0 Å². The maximum absolute atomic E-state index is 11.9. The first-order valence-corrected chi connectivity index (χ1v) is 5.89. The van der Waals surface area contributed by atoms with Crippen LogP contribution in [0.4, 0.5) is 5.69 Å². The number of hydrogen-bond donors (Lipinski definition) is 4. The molecule has 19 heavy (non-hydrogen) atoms. The molecule has 100 valence electrons. The monoisotopic (exact) mass is 260 g/mol. The molecule has 7 N–H and O–H groups in total. The van der Waals surface area contributed by atoms with Gasteiger partial charge in [-0.3, -0.25) is 4.79 Å². The third-order valence-corrected chi connectivity index (χ3v) is 2.51. The lowest BCUT2D eigenvalue weighted by atomic mass is 10.2. The zero-order chi connectivity index (χ0) is 13.8. The molecule has 1 amide bonds. The molecule has 1 saturated carbocycles. The van der Waals surface area contributed by atoms with Crippen molar-refractivity contribution in [1.82, 2.24) is 5.32 Å². The van der Waals surface area contributed by atoms with Crippen LogP contribution in [0.15, 0.2) is 34.3 Å². The normalized spacial score (nSPS) is 14.8. The molecule has 7 heteroatoms. The average Bonchev–Trinajstić information content (AvgIpc) is 3.12. The molecule has 0 unspecified atom stereocenters. The number of benzene rings is 1. The van der Waals surface area contributed by atoms with E-state index in [0.717, 1.165) is 12.8 Å². The summed E-state index contributed by atoms with van der Waals surface area (Å²) in [6.45, 7) is 0. The molecule has 1 aliphatic rings. The van der Waals surface area contributed by atoms with Gasteiger partial charge < -0.3 is 22.5 Å². The molecule has 0 atom stereocenters. The summed E-state index contributed by atoms with van der Waals surface area (Å²) in [6.07, 6.45) is 2.09. The smallest absolute Gasteiger partial charge is 0.251 e. The topological polar surface area (TPSA) is 132 Å². The van der Waals surface area contributed by atoms with Crippen LogP contribution in [0.3, 0.4) is 0 Å².